The second kappa shape index (κ2) is 6.46. The molecule has 1 heterocycles. The maximum atomic E-state index is 12.6. The quantitative estimate of drug-likeness (QED) is 0.579. The largest absolute Gasteiger partial charge is 0.333 e. The second-order valence-corrected chi connectivity index (χ2v) is 7.36. The highest BCUT2D eigenvalue weighted by Gasteiger charge is 2.46. The topological polar surface area (TPSA) is 57.7 Å². The molecule has 0 spiro atoms. The molecule has 0 aromatic rings. The van der Waals surface area contributed by atoms with Crippen molar-refractivity contribution < 1.29 is 14.4 Å². The number of nitrogens with zero attached hydrogens (tertiary/aromatic N) is 2. The van der Waals surface area contributed by atoms with E-state index in [-0.39, 0.29) is 24.9 Å². The summed E-state index contributed by atoms with van der Waals surface area (Å²) in [6.07, 6.45) is 0.262. The summed E-state index contributed by atoms with van der Waals surface area (Å²) in [5.41, 5.74) is 1.20. The third kappa shape index (κ3) is 4.29. The molecular weight excluding hydrogens is 280 g/mol. The molecule has 4 amide bonds. The van der Waals surface area contributed by atoms with Crippen LogP contribution < -0.4 is 0 Å². The molecule has 0 saturated carbocycles. The van der Waals surface area contributed by atoms with Gasteiger partial charge in [0.25, 0.3) is 0 Å². The minimum absolute atomic E-state index is 0.137. The van der Waals surface area contributed by atoms with Crippen molar-refractivity contribution >= 4 is 17.8 Å². The molecule has 5 nitrogen and oxygen atoms in total. The lowest BCUT2D eigenvalue weighted by atomic mass is 9.92. The molecule has 1 aliphatic heterocycles. The van der Waals surface area contributed by atoms with Crippen LogP contribution in [0.2, 0.25) is 0 Å². The predicted octanol–water partition coefficient (Wildman–Crippen LogP) is 2.98. The van der Waals surface area contributed by atoms with Crippen LogP contribution in [0.4, 0.5) is 4.79 Å². The van der Waals surface area contributed by atoms with Gasteiger partial charge in [0.05, 0.1) is 6.54 Å². The van der Waals surface area contributed by atoms with Crippen molar-refractivity contribution in [1.29, 1.82) is 0 Å². The van der Waals surface area contributed by atoms with Gasteiger partial charge in [0.2, 0.25) is 11.8 Å². The van der Waals surface area contributed by atoms with E-state index in [1.54, 1.807) is 13.8 Å². The van der Waals surface area contributed by atoms with E-state index in [9.17, 15) is 14.4 Å². The average Bonchev–Trinajstić information content (AvgIpc) is 2.34. The summed E-state index contributed by atoms with van der Waals surface area (Å²) in [7, 11) is 0. The van der Waals surface area contributed by atoms with Crippen molar-refractivity contribution in [2.75, 3.05) is 13.1 Å². The Hall–Kier alpha value is -1.91. The van der Waals surface area contributed by atoms with Crippen LogP contribution in [0, 0.1) is 11.3 Å². The van der Waals surface area contributed by atoms with Gasteiger partial charge in [-0.05, 0) is 25.7 Å². The average molecular weight is 306 g/mol. The fourth-order valence-electron chi connectivity index (χ4n) is 2.37. The van der Waals surface area contributed by atoms with E-state index in [4.69, 9.17) is 0 Å². The van der Waals surface area contributed by atoms with Crippen LogP contribution in [0.15, 0.2) is 24.3 Å². The number of carbonyl (C=O) groups is 3. The zero-order chi connectivity index (χ0) is 17.2. The van der Waals surface area contributed by atoms with E-state index in [0.717, 1.165) is 10.5 Å². The first-order chi connectivity index (χ1) is 9.94. The third-order valence-electron chi connectivity index (χ3n) is 3.20. The van der Waals surface area contributed by atoms with Gasteiger partial charge < -0.3 is 0 Å². The maximum absolute atomic E-state index is 12.6. The molecule has 1 unspecified atom stereocenters. The Morgan fingerprint density at radius 1 is 1.00 bits per heavy atom. The van der Waals surface area contributed by atoms with Crippen LogP contribution in [0.5, 0.6) is 0 Å². The van der Waals surface area contributed by atoms with Crippen molar-refractivity contribution in [2.24, 2.45) is 11.3 Å². The highest BCUT2D eigenvalue weighted by atomic mass is 16.2. The molecular formula is C17H26N2O3. The first-order valence-corrected chi connectivity index (χ1v) is 7.39. The molecule has 0 aromatic heterocycles. The number of allylic oxidation sites excluding steroid dienone is 1. The summed E-state index contributed by atoms with van der Waals surface area (Å²) < 4.78 is 0. The summed E-state index contributed by atoms with van der Waals surface area (Å²) >= 11 is 0. The molecule has 1 rings (SSSR count). The summed E-state index contributed by atoms with van der Waals surface area (Å²) in [5.74, 6) is -1.74. The lowest BCUT2D eigenvalue weighted by Crippen LogP contribution is -2.61. The molecule has 1 fully saturated rings. The van der Waals surface area contributed by atoms with Crippen LogP contribution in [-0.2, 0) is 9.59 Å². The van der Waals surface area contributed by atoms with E-state index < -0.39 is 23.8 Å². The number of urea groups is 1. The van der Waals surface area contributed by atoms with Gasteiger partial charge in [-0.3, -0.25) is 19.4 Å². The number of imide groups is 2. The van der Waals surface area contributed by atoms with Gasteiger partial charge in [0.15, 0.2) is 0 Å². The molecule has 122 valence electrons. The number of hydrogen-bond donors (Lipinski definition) is 0. The van der Waals surface area contributed by atoms with Crippen molar-refractivity contribution in [3.63, 3.8) is 0 Å². The van der Waals surface area contributed by atoms with E-state index in [1.165, 1.54) is 4.90 Å². The Bertz CT molecular complexity index is 491. The van der Waals surface area contributed by atoms with Gasteiger partial charge >= 0.3 is 6.03 Å². The monoisotopic (exact) mass is 306 g/mol. The normalized spacial score (nSPS) is 19.7. The van der Waals surface area contributed by atoms with Gasteiger partial charge in [-0.1, -0.05) is 38.5 Å². The SMILES string of the molecule is C=C(C)CC1C(=O)N(CC(=C)C)C(=O)N(CC(C)(C)C)C1=O. The molecule has 1 aliphatic rings. The zero-order valence-electron chi connectivity index (χ0n) is 14.2. The summed E-state index contributed by atoms with van der Waals surface area (Å²) in [6, 6.07) is -0.550. The fraction of sp³-hybridized carbons (Fsp3) is 0.588. The smallest absolute Gasteiger partial charge is 0.273 e. The van der Waals surface area contributed by atoms with E-state index in [2.05, 4.69) is 13.2 Å². The zero-order valence-corrected chi connectivity index (χ0v) is 14.2. The predicted molar refractivity (Wildman–Crippen MR) is 86.0 cm³/mol. The van der Waals surface area contributed by atoms with Gasteiger partial charge in [-0.25, -0.2) is 4.79 Å². The van der Waals surface area contributed by atoms with Crippen LogP contribution in [-0.4, -0.2) is 40.7 Å². The Morgan fingerprint density at radius 2 is 1.50 bits per heavy atom. The molecule has 5 heteroatoms. The van der Waals surface area contributed by atoms with Gasteiger partial charge in [-0.2, -0.15) is 0 Å². The van der Waals surface area contributed by atoms with Crippen molar-refractivity contribution in [3.05, 3.63) is 24.3 Å². The molecule has 0 aromatic carbocycles. The molecule has 0 radical (unpaired) electrons. The van der Waals surface area contributed by atoms with Crippen LogP contribution in [0.3, 0.4) is 0 Å². The Morgan fingerprint density at radius 3 is 1.91 bits per heavy atom. The number of hydrogen-bond acceptors (Lipinski definition) is 3. The van der Waals surface area contributed by atoms with Crippen molar-refractivity contribution in [2.45, 2.75) is 41.0 Å². The van der Waals surface area contributed by atoms with E-state index in [0.29, 0.717) is 5.57 Å². The first kappa shape index (κ1) is 18.1. The van der Waals surface area contributed by atoms with Gasteiger partial charge in [0, 0.05) is 6.54 Å². The highest BCUT2D eigenvalue weighted by Crippen LogP contribution is 2.27. The molecule has 0 bridgehead atoms. The number of carbonyl (C=O) groups excluding carboxylic acids is 3. The first-order valence-electron chi connectivity index (χ1n) is 7.39. The minimum atomic E-state index is -0.864. The third-order valence-corrected chi connectivity index (χ3v) is 3.20. The lowest BCUT2D eigenvalue weighted by molar-refractivity contribution is -0.149. The van der Waals surface area contributed by atoms with Crippen LogP contribution in [0.1, 0.15) is 41.0 Å². The summed E-state index contributed by atoms with van der Waals surface area (Å²) in [5, 5.41) is 0. The maximum Gasteiger partial charge on any atom is 0.333 e. The number of amides is 4. The van der Waals surface area contributed by atoms with E-state index >= 15 is 0 Å². The molecule has 0 aliphatic carbocycles. The minimum Gasteiger partial charge on any atom is -0.273 e. The van der Waals surface area contributed by atoms with Crippen LogP contribution in [0.25, 0.3) is 0 Å². The Labute approximate surface area is 132 Å². The molecule has 1 atom stereocenters. The number of barbiturate groups is 1. The van der Waals surface area contributed by atoms with Gasteiger partial charge in [-0.15, -0.1) is 6.58 Å². The molecule has 22 heavy (non-hydrogen) atoms. The molecule has 1 saturated heterocycles. The summed E-state index contributed by atoms with van der Waals surface area (Å²) in [6.45, 7) is 17.3. The summed E-state index contributed by atoms with van der Waals surface area (Å²) in [4.78, 5) is 39.9. The lowest BCUT2D eigenvalue weighted by Gasteiger charge is -2.39. The standard InChI is InChI=1S/C17H26N2O3/c1-11(2)8-13-14(20)18(9-12(3)4)16(22)19(15(13)21)10-17(5,6)7/h13H,1,3,8-10H2,2,4-7H3. The highest BCUT2D eigenvalue weighted by molar-refractivity contribution is 6.16. The van der Waals surface area contributed by atoms with Gasteiger partial charge in [0.1, 0.15) is 5.92 Å². The Kier molecular flexibility index (Phi) is 5.33. The van der Waals surface area contributed by atoms with E-state index in [1.807, 2.05) is 20.8 Å². The number of rotatable bonds is 5. The van der Waals surface area contributed by atoms with Crippen molar-refractivity contribution in [1.82, 2.24) is 9.80 Å². The van der Waals surface area contributed by atoms with Crippen molar-refractivity contribution in [3.8, 4) is 0 Å². The molecule has 0 N–H and O–H groups in total. The Balaban J connectivity index is 3.18. The second-order valence-electron chi connectivity index (χ2n) is 7.36. The fourth-order valence-corrected chi connectivity index (χ4v) is 2.37. The van der Waals surface area contributed by atoms with Crippen LogP contribution >= 0.6 is 0 Å².